The number of fused-ring (bicyclic) bond motifs is 1. The van der Waals surface area contributed by atoms with Gasteiger partial charge in [0.2, 0.25) is 0 Å². The van der Waals surface area contributed by atoms with Crippen molar-refractivity contribution in [3.8, 4) is 11.1 Å². The van der Waals surface area contributed by atoms with Gasteiger partial charge in [0.1, 0.15) is 5.82 Å². The summed E-state index contributed by atoms with van der Waals surface area (Å²) in [5, 5.41) is 9.39. The van der Waals surface area contributed by atoms with Crippen molar-refractivity contribution in [1.82, 2.24) is 15.3 Å². The molecule has 5 rings (SSSR count). The zero-order valence-corrected chi connectivity index (χ0v) is 18.5. The summed E-state index contributed by atoms with van der Waals surface area (Å²) in [6.45, 7) is 2.59. The molecule has 1 amide bonds. The minimum absolute atomic E-state index is 0.0309. The molecule has 2 aliphatic rings. The molecule has 0 radical (unpaired) electrons. The van der Waals surface area contributed by atoms with Gasteiger partial charge in [-0.15, -0.1) is 0 Å². The second-order valence-corrected chi connectivity index (χ2v) is 8.43. The van der Waals surface area contributed by atoms with Crippen molar-refractivity contribution in [2.75, 3.05) is 24.7 Å². The van der Waals surface area contributed by atoms with Crippen molar-refractivity contribution in [3.63, 3.8) is 0 Å². The van der Waals surface area contributed by atoms with Crippen molar-refractivity contribution in [1.29, 1.82) is 0 Å². The van der Waals surface area contributed by atoms with E-state index in [9.17, 15) is 4.79 Å². The molecule has 3 N–H and O–H groups in total. The first-order valence-corrected chi connectivity index (χ1v) is 10.8. The SMILES string of the molecule is C/N=C/C1(c2ccc(Nc3cc(C)c(-c4ccc(NC)c5c4CNC5=O)cn3)cn2)CC1. The van der Waals surface area contributed by atoms with Crippen molar-refractivity contribution in [2.24, 2.45) is 4.99 Å². The zero-order valence-electron chi connectivity index (χ0n) is 18.5. The van der Waals surface area contributed by atoms with E-state index in [1.807, 2.05) is 50.9 Å². The largest absolute Gasteiger partial charge is 0.387 e. The normalized spacial score (nSPS) is 16.0. The number of hydrogen-bond donors (Lipinski definition) is 3. The van der Waals surface area contributed by atoms with Gasteiger partial charge < -0.3 is 16.0 Å². The molecule has 0 spiro atoms. The van der Waals surface area contributed by atoms with Crippen LogP contribution in [0.2, 0.25) is 0 Å². The predicted molar refractivity (Wildman–Crippen MR) is 128 cm³/mol. The summed E-state index contributed by atoms with van der Waals surface area (Å²) in [7, 11) is 3.64. The molecule has 0 atom stereocenters. The van der Waals surface area contributed by atoms with Gasteiger partial charge in [-0.3, -0.25) is 14.8 Å². The van der Waals surface area contributed by atoms with Gasteiger partial charge in [0, 0.05) is 49.7 Å². The van der Waals surface area contributed by atoms with Gasteiger partial charge in [0.15, 0.2) is 0 Å². The van der Waals surface area contributed by atoms with Gasteiger partial charge in [-0.05, 0) is 60.7 Å². The first kappa shape index (κ1) is 20.2. The van der Waals surface area contributed by atoms with E-state index in [0.717, 1.165) is 63.5 Å². The maximum absolute atomic E-state index is 12.3. The van der Waals surface area contributed by atoms with Crippen molar-refractivity contribution >= 4 is 29.3 Å². The van der Waals surface area contributed by atoms with Crippen molar-refractivity contribution < 1.29 is 4.79 Å². The third-order valence-corrected chi connectivity index (χ3v) is 6.35. The number of nitrogens with zero attached hydrogens (tertiary/aromatic N) is 3. The van der Waals surface area contributed by atoms with Crippen LogP contribution in [0.3, 0.4) is 0 Å². The van der Waals surface area contributed by atoms with Gasteiger partial charge in [0.25, 0.3) is 5.91 Å². The van der Waals surface area contributed by atoms with Crippen LogP contribution >= 0.6 is 0 Å². The second kappa shape index (κ2) is 7.75. The van der Waals surface area contributed by atoms with Crippen LogP contribution in [-0.4, -0.2) is 36.2 Å². The van der Waals surface area contributed by atoms with Crippen LogP contribution in [0, 0.1) is 6.92 Å². The predicted octanol–water partition coefficient (Wildman–Crippen LogP) is 4.21. The van der Waals surface area contributed by atoms with E-state index in [4.69, 9.17) is 0 Å². The number of carbonyl (C=O) groups excluding carboxylic acids is 1. The fourth-order valence-corrected chi connectivity index (χ4v) is 4.46. The Morgan fingerprint density at radius 2 is 1.97 bits per heavy atom. The van der Waals surface area contributed by atoms with Crippen LogP contribution in [0.5, 0.6) is 0 Å². The first-order chi connectivity index (χ1) is 15.5. The number of anilines is 3. The molecule has 7 heteroatoms. The molecule has 1 aliphatic carbocycles. The van der Waals surface area contributed by atoms with E-state index in [1.165, 1.54) is 0 Å². The summed E-state index contributed by atoms with van der Waals surface area (Å²) in [6.07, 6.45) is 7.94. The van der Waals surface area contributed by atoms with Crippen LogP contribution in [0.4, 0.5) is 17.2 Å². The molecule has 1 aliphatic heterocycles. The Bertz CT molecular complexity index is 1230. The molecule has 3 aromatic rings. The van der Waals surface area contributed by atoms with E-state index in [0.29, 0.717) is 6.54 Å². The van der Waals surface area contributed by atoms with E-state index in [1.54, 1.807) is 0 Å². The number of hydrogen-bond acceptors (Lipinski definition) is 6. The third kappa shape index (κ3) is 3.39. The molecular weight excluding hydrogens is 400 g/mol. The number of nitrogens with one attached hydrogen (secondary N) is 3. The second-order valence-electron chi connectivity index (χ2n) is 8.43. The number of aromatic nitrogens is 2. The number of aryl methyl sites for hydroxylation is 1. The Labute approximate surface area is 187 Å². The highest BCUT2D eigenvalue weighted by Crippen LogP contribution is 2.45. The van der Waals surface area contributed by atoms with Crippen molar-refractivity contribution in [2.45, 2.75) is 31.7 Å². The fraction of sp³-hybridized carbons (Fsp3) is 0.280. The summed E-state index contributed by atoms with van der Waals surface area (Å²) in [5.74, 6) is 0.721. The Morgan fingerprint density at radius 3 is 2.62 bits per heavy atom. The Hall–Kier alpha value is -3.74. The van der Waals surface area contributed by atoms with Gasteiger partial charge in [0.05, 0.1) is 23.1 Å². The Morgan fingerprint density at radius 1 is 1.12 bits per heavy atom. The van der Waals surface area contributed by atoms with E-state index < -0.39 is 0 Å². The molecule has 0 unspecified atom stereocenters. The molecule has 32 heavy (non-hydrogen) atoms. The first-order valence-electron chi connectivity index (χ1n) is 10.8. The fourth-order valence-electron chi connectivity index (χ4n) is 4.46. The molecule has 162 valence electrons. The maximum atomic E-state index is 12.3. The lowest BCUT2D eigenvalue weighted by molar-refractivity contribution is 0.0966. The maximum Gasteiger partial charge on any atom is 0.254 e. The number of pyridine rings is 2. The molecule has 0 saturated heterocycles. The highest BCUT2D eigenvalue weighted by atomic mass is 16.1. The molecule has 1 saturated carbocycles. The lowest BCUT2D eigenvalue weighted by atomic mass is 9.94. The van der Waals surface area contributed by atoms with Gasteiger partial charge >= 0.3 is 0 Å². The van der Waals surface area contributed by atoms with Gasteiger partial charge in [-0.25, -0.2) is 4.98 Å². The highest BCUT2D eigenvalue weighted by molar-refractivity contribution is 6.05. The molecule has 1 aromatic carbocycles. The van der Waals surface area contributed by atoms with Crippen LogP contribution in [0.15, 0.2) is 47.7 Å². The van der Waals surface area contributed by atoms with E-state index >= 15 is 0 Å². The van der Waals surface area contributed by atoms with Crippen molar-refractivity contribution in [3.05, 3.63) is 65.1 Å². The Kier molecular flexibility index (Phi) is 4.89. The molecule has 7 nitrogen and oxygen atoms in total. The van der Waals surface area contributed by atoms with E-state index in [-0.39, 0.29) is 11.3 Å². The third-order valence-electron chi connectivity index (χ3n) is 6.35. The van der Waals surface area contributed by atoms with Gasteiger partial charge in [-0.1, -0.05) is 6.07 Å². The minimum atomic E-state index is -0.0377. The summed E-state index contributed by atoms with van der Waals surface area (Å²) >= 11 is 0. The number of amides is 1. The quantitative estimate of drug-likeness (QED) is 0.514. The monoisotopic (exact) mass is 426 g/mol. The highest BCUT2D eigenvalue weighted by Gasteiger charge is 2.44. The van der Waals surface area contributed by atoms with Crippen LogP contribution in [-0.2, 0) is 12.0 Å². The molecule has 1 fully saturated rings. The number of aliphatic imine (C=N–C) groups is 1. The molecule has 0 bridgehead atoms. The smallest absolute Gasteiger partial charge is 0.254 e. The average molecular weight is 427 g/mol. The molecular formula is C25H26N6O. The van der Waals surface area contributed by atoms with Crippen LogP contribution < -0.4 is 16.0 Å². The molecule has 2 aromatic heterocycles. The summed E-state index contributed by atoms with van der Waals surface area (Å²) in [4.78, 5) is 25.8. The standard InChI is InChI=1S/C25H26N6O/c1-15-10-22(31-16-4-7-21(28-11-16)25(8-9-25)14-26-2)29-12-18(15)17-5-6-20(27-3)23-19(17)13-30-24(23)32/h4-7,10-12,14,27H,8-9,13H2,1-3H3,(H,29,31)(H,30,32)/b26-14+. The lowest BCUT2D eigenvalue weighted by Gasteiger charge is -2.14. The number of carbonyl (C=O) groups is 1. The van der Waals surface area contributed by atoms with Crippen LogP contribution in [0.25, 0.3) is 11.1 Å². The minimum Gasteiger partial charge on any atom is -0.387 e. The average Bonchev–Trinajstić information content (AvgIpc) is 3.48. The Balaban J connectivity index is 1.40. The van der Waals surface area contributed by atoms with E-state index in [2.05, 4.69) is 50.0 Å². The van der Waals surface area contributed by atoms with Crippen LogP contribution in [0.1, 0.15) is 40.0 Å². The topological polar surface area (TPSA) is 91.3 Å². The lowest BCUT2D eigenvalue weighted by Crippen LogP contribution is -2.13. The summed E-state index contributed by atoms with van der Waals surface area (Å²) in [6, 6.07) is 10.1. The summed E-state index contributed by atoms with van der Waals surface area (Å²) in [5.41, 5.74) is 7.71. The molecule has 3 heterocycles. The number of rotatable bonds is 6. The van der Waals surface area contributed by atoms with Gasteiger partial charge in [-0.2, -0.15) is 0 Å². The number of benzene rings is 1. The summed E-state index contributed by atoms with van der Waals surface area (Å²) < 4.78 is 0. The zero-order chi connectivity index (χ0) is 22.3.